The smallest absolute Gasteiger partial charge is 0.368 e. The van der Waals surface area contributed by atoms with Gasteiger partial charge in [0.05, 0.1) is 0 Å². The minimum atomic E-state index is -4.98. The first-order chi connectivity index (χ1) is 5.99. The molecule has 1 rings (SSSR count). The Morgan fingerprint density at radius 3 is 2.62 bits per heavy atom. The van der Waals surface area contributed by atoms with Crippen molar-refractivity contribution < 1.29 is 22.7 Å². The van der Waals surface area contributed by atoms with Gasteiger partial charge in [-0.1, -0.05) is 0 Å². The highest BCUT2D eigenvalue weighted by Crippen LogP contribution is 2.17. The van der Waals surface area contributed by atoms with Crippen LogP contribution in [0.15, 0.2) is 18.6 Å². The fourth-order valence-electron chi connectivity index (χ4n) is 0.569. The summed E-state index contributed by atoms with van der Waals surface area (Å²) in [4.78, 5) is 17.3. The molecule has 0 amide bonds. The molecule has 1 heterocycles. The highest BCUT2D eigenvalue weighted by molar-refractivity contribution is 5.87. The molecule has 0 unspecified atom stereocenters. The number of rotatable bonds is 1. The van der Waals surface area contributed by atoms with Crippen molar-refractivity contribution in [2.45, 2.75) is 6.36 Å². The van der Waals surface area contributed by atoms with Gasteiger partial charge in [-0.2, -0.15) is 0 Å². The molecule has 0 aliphatic heterocycles. The Labute approximate surface area is 70.4 Å². The number of carbonyl (C=O) groups excluding carboxylic acids is 1. The van der Waals surface area contributed by atoms with Crippen LogP contribution in [0.3, 0.4) is 0 Å². The fourth-order valence-corrected chi connectivity index (χ4v) is 0.569. The van der Waals surface area contributed by atoms with Crippen LogP contribution in [0.4, 0.5) is 13.2 Å². The van der Waals surface area contributed by atoms with E-state index in [1.165, 1.54) is 0 Å². The van der Waals surface area contributed by atoms with Crippen molar-refractivity contribution in [3.05, 3.63) is 24.3 Å². The van der Waals surface area contributed by atoms with Crippen LogP contribution in [0.1, 0.15) is 10.5 Å². The van der Waals surface area contributed by atoms with Crippen LogP contribution in [-0.2, 0) is 4.74 Å². The highest BCUT2D eigenvalue weighted by Gasteiger charge is 2.34. The molecule has 0 spiro atoms. The standard InChI is InChI=1S/C6H3F3N2O2/c7-6(8,9)13-5(12)4-1-2-10-3-11-4/h1-3H. The molecule has 0 atom stereocenters. The first-order valence-electron chi connectivity index (χ1n) is 3.05. The Bertz CT molecular complexity index is 298. The summed E-state index contributed by atoms with van der Waals surface area (Å²) in [5.41, 5.74) is -0.438. The zero-order valence-corrected chi connectivity index (χ0v) is 6.08. The van der Waals surface area contributed by atoms with Crippen LogP contribution >= 0.6 is 0 Å². The second kappa shape index (κ2) is 3.38. The number of aromatic nitrogens is 2. The van der Waals surface area contributed by atoms with Gasteiger partial charge in [0, 0.05) is 6.20 Å². The van der Waals surface area contributed by atoms with E-state index in [0.29, 0.717) is 0 Å². The summed E-state index contributed by atoms with van der Waals surface area (Å²) < 4.78 is 37.6. The molecule has 13 heavy (non-hydrogen) atoms. The average Bonchev–Trinajstić information content (AvgIpc) is 2.03. The molecular weight excluding hydrogens is 189 g/mol. The molecular formula is C6H3F3N2O2. The zero-order chi connectivity index (χ0) is 9.90. The summed E-state index contributed by atoms with van der Waals surface area (Å²) >= 11 is 0. The van der Waals surface area contributed by atoms with Crippen LogP contribution in [0, 0.1) is 0 Å². The van der Waals surface area contributed by atoms with Gasteiger partial charge in [-0.05, 0) is 6.07 Å². The predicted octanol–water partition coefficient (Wildman–Crippen LogP) is 1.15. The van der Waals surface area contributed by atoms with Crippen LogP contribution in [0.25, 0.3) is 0 Å². The second-order valence-corrected chi connectivity index (χ2v) is 1.93. The van der Waals surface area contributed by atoms with Gasteiger partial charge in [0.1, 0.15) is 6.33 Å². The second-order valence-electron chi connectivity index (χ2n) is 1.93. The molecule has 0 radical (unpaired) electrons. The number of esters is 1. The highest BCUT2D eigenvalue weighted by atomic mass is 19.4. The van der Waals surface area contributed by atoms with E-state index in [-0.39, 0.29) is 0 Å². The summed E-state index contributed by atoms with van der Waals surface area (Å²) in [7, 11) is 0. The van der Waals surface area contributed by atoms with Crippen molar-refractivity contribution >= 4 is 5.97 Å². The van der Waals surface area contributed by atoms with E-state index in [2.05, 4.69) is 14.7 Å². The topological polar surface area (TPSA) is 52.1 Å². The lowest BCUT2D eigenvalue weighted by Gasteiger charge is -2.05. The maximum atomic E-state index is 11.5. The van der Waals surface area contributed by atoms with E-state index >= 15 is 0 Å². The summed E-state index contributed by atoms with van der Waals surface area (Å²) in [6.07, 6.45) is -2.89. The maximum absolute atomic E-state index is 11.5. The van der Waals surface area contributed by atoms with Gasteiger partial charge in [0.15, 0.2) is 5.69 Å². The third-order valence-corrected chi connectivity index (χ3v) is 1.000. The van der Waals surface area contributed by atoms with Gasteiger partial charge < -0.3 is 4.74 Å². The van der Waals surface area contributed by atoms with Gasteiger partial charge in [-0.25, -0.2) is 14.8 Å². The van der Waals surface area contributed by atoms with E-state index in [1.54, 1.807) is 0 Å². The molecule has 7 heteroatoms. The zero-order valence-electron chi connectivity index (χ0n) is 6.08. The fraction of sp³-hybridized carbons (Fsp3) is 0.167. The summed E-state index contributed by atoms with van der Waals surface area (Å²) in [5, 5.41) is 0. The van der Waals surface area contributed by atoms with E-state index in [1.807, 2.05) is 0 Å². The Morgan fingerprint density at radius 2 is 2.15 bits per heavy atom. The number of alkyl halides is 3. The number of nitrogens with zero attached hydrogens (tertiary/aromatic N) is 2. The third-order valence-electron chi connectivity index (χ3n) is 1.000. The Morgan fingerprint density at radius 1 is 1.46 bits per heavy atom. The normalized spacial score (nSPS) is 11.0. The van der Waals surface area contributed by atoms with Crippen LogP contribution in [0.2, 0.25) is 0 Å². The van der Waals surface area contributed by atoms with E-state index in [0.717, 1.165) is 18.6 Å². The van der Waals surface area contributed by atoms with Crippen LogP contribution in [-0.4, -0.2) is 22.3 Å². The lowest BCUT2D eigenvalue weighted by atomic mass is 10.4. The molecule has 1 aromatic rings. The van der Waals surface area contributed by atoms with Crippen molar-refractivity contribution in [2.24, 2.45) is 0 Å². The lowest BCUT2D eigenvalue weighted by molar-refractivity contribution is -0.292. The largest absolute Gasteiger partial charge is 0.575 e. The molecule has 70 valence electrons. The molecule has 4 nitrogen and oxygen atoms in total. The Balaban J connectivity index is 2.71. The maximum Gasteiger partial charge on any atom is 0.575 e. The van der Waals surface area contributed by atoms with Gasteiger partial charge in [-0.15, -0.1) is 13.2 Å². The number of hydrogen-bond acceptors (Lipinski definition) is 4. The average molecular weight is 192 g/mol. The minimum Gasteiger partial charge on any atom is -0.368 e. The van der Waals surface area contributed by atoms with E-state index in [9.17, 15) is 18.0 Å². The SMILES string of the molecule is O=C(OC(F)(F)F)c1ccncn1. The lowest BCUT2D eigenvalue weighted by Crippen LogP contribution is -2.20. The minimum absolute atomic E-state index is 0.438. The number of ether oxygens (including phenoxy) is 1. The van der Waals surface area contributed by atoms with Gasteiger partial charge in [-0.3, -0.25) is 0 Å². The van der Waals surface area contributed by atoms with E-state index in [4.69, 9.17) is 0 Å². The quantitative estimate of drug-likeness (QED) is 0.626. The number of halogens is 3. The van der Waals surface area contributed by atoms with Crippen LogP contribution < -0.4 is 0 Å². The molecule has 0 fully saturated rings. The predicted molar refractivity (Wildman–Crippen MR) is 33.5 cm³/mol. The first-order valence-corrected chi connectivity index (χ1v) is 3.05. The van der Waals surface area contributed by atoms with Crippen LogP contribution in [0.5, 0.6) is 0 Å². The third kappa shape index (κ3) is 3.06. The number of carbonyl (C=O) groups is 1. The summed E-state index contributed by atoms with van der Waals surface area (Å²) in [6, 6.07) is 1.02. The van der Waals surface area contributed by atoms with Crippen molar-refractivity contribution in [1.29, 1.82) is 0 Å². The van der Waals surface area contributed by atoms with Gasteiger partial charge in [0.25, 0.3) is 0 Å². The van der Waals surface area contributed by atoms with Crippen molar-refractivity contribution in [3.63, 3.8) is 0 Å². The molecule has 0 N–H and O–H groups in total. The van der Waals surface area contributed by atoms with Crippen molar-refractivity contribution in [2.75, 3.05) is 0 Å². The van der Waals surface area contributed by atoms with E-state index < -0.39 is 18.0 Å². The molecule has 0 aliphatic rings. The van der Waals surface area contributed by atoms with Crippen molar-refractivity contribution in [3.8, 4) is 0 Å². The molecule has 0 bridgehead atoms. The first kappa shape index (κ1) is 9.43. The monoisotopic (exact) mass is 192 g/mol. The molecule has 0 aliphatic carbocycles. The molecule has 0 aromatic carbocycles. The van der Waals surface area contributed by atoms with Gasteiger partial charge >= 0.3 is 12.3 Å². The molecule has 0 saturated heterocycles. The van der Waals surface area contributed by atoms with Gasteiger partial charge in [0.2, 0.25) is 0 Å². The van der Waals surface area contributed by atoms with Crippen molar-refractivity contribution in [1.82, 2.24) is 9.97 Å². The Hall–Kier alpha value is -1.66. The molecule has 1 aromatic heterocycles. The Kier molecular flexibility index (Phi) is 2.45. The summed E-state index contributed by atoms with van der Waals surface area (Å²) in [5.74, 6) is -1.55. The number of hydrogen-bond donors (Lipinski definition) is 0. The summed E-state index contributed by atoms with van der Waals surface area (Å²) in [6.45, 7) is 0. The molecule has 0 saturated carbocycles.